The van der Waals surface area contributed by atoms with E-state index in [0.717, 1.165) is 37.1 Å². The second kappa shape index (κ2) is 4.60. The Labute approximate surface area is 95.7 Å². The van der Waals surface area contributed by atoms with Crippen molar-refractivity contribution in [3.8, 4) is 0 Å². The molecule has 1 fully saturated rings. The molecule has 0 bridgehead atoms. The second-order valence-corrected chi connectivity index (χ2v) is 4.31. The fraction of sp³-hybridized carbons (Fsp3) is 0.583. The van der Waals surface area contributed by atoms with Gasteiger partial charge in [0.15, 0.2) is 0 Å². The maximum atomic E-state index is 11.6. The summed E-state index contributed by atoms with van der Waals surface area (Å²) < 4.78 is 0. The van der Waals surface area contributed by atoms with Gasteiger partial charge in [-0.2, -0.15) is 0 Å². The van der Waals surface area contributed by atoms with Gasteiger partial charge in [0, 0.05) is 19.7 Å². The van der Waals surface area contributed by atoms with Gasteiger partial charge in [-0.1, -0.05) is 0 Å². The van der Waals surface area contributed by atoms with Crippen molar-refractivity contribution in [3.63, 3.8) is 0 Å². The smallest absolute Gasteiger partial charge is 0.220 e. The van der Waals surface area contributed by atoms with E-state index in [2.05, 4.69) is 9.97 Å². The minimum absolute atomic E-state index is 0.141. The van der Waals surface area contributed by atoms with E-state index in [1.165, 1.54) is 0 Å². The molecule has 4 heteroatoms. The van der Waals surface area contributed by atoms with Gasteiger partial charge in [0.1, 0.15) is 6.33 Å². The summed E-state index contributed by atoms with van der Waals surface area (Å²) in [5, 5.41) is 0. The number of amides is 1. The van der Waals surface area contributed by atoms with Crippen LogP contribution < -0.4 is 0 Å². The predicted octanol–water partition coefficient (Wildman–Crippen LogP) is 1.86. The van der Waals surface area contributed by atoms with Crippen molar-refractivity contribution in [3.05, 3.63) is 23.8 Å². The zero-order valence-corrected chi connectivity index (χ0v) is 9.81. The van der Waals surface area contributed by atoms with Gasteiger partial charge in [-0.3, -0.25) is 4.79 Å². The summed E-state index contributed by atoms with van der Waals surface area (Å²) in [7, 11) is 0. The quantitative estimate of drug-likeness (QED) is 0.724. The third-order valence-corrected chi connectivity index (χ3v) is 3.16. The van der Waals surface area contributed by atoms with E-state index in [0.29, 0.717) is 0 Å². The molecular formula is C12H17N3O. The van der Waals surface area contributed by atoms with Gasteiger partial charge < -0.3 is 4.90 Å². The third kappa shape index (κ3) is 2.05. The topological polar surface area (TPSA) is 46.1 Å². The largest absolute Gasteiger partial charge is 0.334 e. The predicted molar refractivity (Wildman–Crippen MR) is 60.7 cm³/mol. The summed E-state index contributed by atoms with van der Waals surface area (Å²) >= 11 is 0. The molecule has 4 nitrogen and oxygen atoms in total. The van der Waals surface area contributed by atoms with Gasteiger partial charge >= 0.3 is 0 Å². The molecule has 0 aliphatic carbocycles. The monoisotopic (exact) mass is 219 g/mol. The molecule has 1 saturated heterocycles. The highest BCUT2D eigenvalue weighted by Crippen LogP contribution is 2.30. The van der Waals surface area contributed by atoms with Crippen LogP contribution in [0.2, 0.25) is 0 Å². The summed E-state index contributed by atoms with van der Waals surface area (Å²) in [6, 6.07) is 0.147. The van der Waals surface area contributed by atoms with E-state index in [4.69, 9.17) is 0 Å². The SMILES string of the molecule is CC(=O)N1CCCC[C@@H]1c1ncncc1C. The lowest BCUT2D eigenvalue weighted by atomic mass is 9.97. The summed E-state index contributed by atoms with van der Waals surface area (Å²) in [6.07, 6.45) is 6.65. The van der Waals surface area contributed by atoms with E-state index in [9.17, 15) is 4.79 Å². The van der Waals surface area contributed by atoms with E-state index in [1.54, 1.807) is 13.3 Å². The normalized spacial score (nSPS) is 20.9. The number of carbonyl (C=O) groups excluding carboxylic acids is 1. The summed E-state index contributed by atoms with van der Waals surface area (Å²) in [5.74, 6) is 0.141. The molecule has 86 valence electrons. The van der Waals surface area contributed by atoms with Crippen molar-refractivity contribution in [1.29, 1.82) is 0 Å². The standard InChI is InChI=1S/C12H17N3O/c1-9-7-13-8-14-12(9)11-5-3-4-6-15(11)10(2)16/h7-8,11H,3-6H2,1-2H3/t11-/m1/s1. The molecule has 2 heterocycles. The molecule has 2 rings (SSSR count). The van der Waals surface area contributed by atoms with Gasteiger partial charge in [0.05, 0.1) is 11.7 Å². The van der Waals surface area contributed by atoms with Gasteiger partial charge in [0.2, 0.25) is 5.91 Å². The van der Waals surface area contributed by atoms with Crippen molar-refractivity contribution in [2.45, 2.75) is 39.2 Å². The van der Waals surface area contributed by atoms with Crippen LogP contribution in [0.25, 0.3) is 0 Å². The lowest BCUT2D eigenvalue weighted by Crippen LogP contribution is -2.37. The summed E-state index contributed by atoms with van der Waals surface area (Å²) in [5.41, 5.74) is 2.07. The average Bonchev–Trinajstić information content (AvgIpc) is 2.29. The number of aromatic nitrogens is 2. The summed E-state index contributed by atoms with van der Waals surface area (Å²) in [4.78, 5) is 21.8. The lowest BCUT2D eigenvalue weighted by molar-refractivity contribution is -0.132. The zero-order chi connectivity index (χ0) is 11.5. The Morgan fingerprint density at radius 1 is 1.50 bits per heavy atom. The van der Waals surface area contributed by atoms with Crippen LogP contribution in [-0.4, -0.2) is 27.3 Å². The van der Waals surface area contributed by atoms with Crippen LogP contribution in [0.3, 0.4) is 0 Å². The Kier molecular flexibility index (Phi) is 3.17. The molecule has 0 aromatic carbocycles. The van der Waals surface area contributed by atoms with Crippen LogP contribution in [-0.2, 0) is 4.79 Å². The van der Waals surface area contributed by atoms with E-state index in [1.807, 2.05) is 18.0 Å². The molecule has 1 aromatic rings. The van der Waals surface area contributed by atoms with E-state index < -0.39 is 0 Å². The number of hydrogen-bond donors (Lipinski definition) is 0. The van der Waals surface area contributed by atoms with Gasteiger partial charge in [-0.15, -0.1) is 0 Å². The number of carbonyl (C=O) groups is 1. The van der Waals surface area contributed by atoms with Gasteiger partial charge in [-0.25, -0.2) is 9.97 Å². The Hall–Kier alpha value is -1.45. The second-order valence-electron chi connectivity index (χ2n) is 4.31. The fourth-order valence-corrected chi connectivity index (χ4v) is 2.35. The molecule has 1 amide bonds. The Morgan fingerprint density at radius 2 is 2.31 bits per heavy atom. The molecular weight excluding hydrogens is 202 g/mol. The molecule has 16 heavy (non-hydrogen) atoms. The number of likely N-dealkylation sites (tertiary alicyclic amines) is 1. The van der Waals surface area contributed by atoms with E-state index >= 15 is 0 Å². The number of hydrogen-bond acceptors (Lipinski definition) is 3. The Morgan fingerprint density at radius 3 is 3.00 bits per heavy atom. The van der Waals surface area contributed by atoms with Gasteiger partial charge in [-0.05, 0) is 31.7 Å². The molecule has 0 radical (unpaired) electrons. The number of rotatable bonds is 1. The fourth-order valence-electron chi connectivity index (χ4n) is 2.35. The first-order valence-electron chi connectivity index (χ1n) is 5.74. The van der Waals surface area contributed by atoms with Crippen molar-refractivity contribution < 1.29 is 4.79 Å². The molecule has 0 N–H and O–H groups in total. The average molecular weight is 219 g/mol. The first-order chi connectivity index (χ1) is 7.70. The van der Waals surface area contributed by atoms with Crippen molar-refractivity contribution in [1.82, 2.24) is 14.9 Å². The number of aryl methyl sites for hydroxylation is 1. The highest BCUT2D eigenvalue weighted by atomic mass is 16.2. The summed E-state index contributed by atoms with van der Waals surface area (Å²) in [6.45, 7) is 4.49. The van der Waals surface area contributed by atoms with Crippen LogP contribution in [0.4, 0.5) is 0 Å². The third-order valence-electron chi connectivity index (χ3n) is 3.16. The number of piperidine rings is 1. The molecule has 1 atom stereocenters. The highest BCUT2D eigenvalue weighted by molar-refractivity contribution is 5.73. The van der Waals surface area contributed by atoms with E-state index in [-0.39, 0.29) is 11.9 Å². The molecule has 1 aliphatic rings. The minimum atomic E-state index is 0.141. The molecule has 0 saturated carbocycles. The maximum absolute atomic E-state index is 11.6. The van der Waals surface area contributed by atoms with Crippen LogP contribution in [0, 0.1) is 6.92 Å². The molecule has 0 spiro atoms. The molecule has 1 aromatic heterocycles. The van der Waals surface area contributed by atoms with Crippen molar-refractivity contribution in [2.75, 3.05) is 6.54 Å². The molecule has 1 aliphatic heterocycles. The van der Waals surface area contributed by atoms with Crippen LogP contribution in [0.5, 0.6) is 0 Å². The molecule has 0 unspecified atom stereocenters. The Bertz CT molecular complexity index is 392. The maximum Gasteiger partial charge on any atom is 0.220 e. The minimum Gasteiger partial charge on any atom is -0.334 e. The zero-order valence-electron chi connectivity index (χ0n) is 9.81. The van der Waals surface area contributed by atoms with Crippen molar-refractivity contribution >= 4 is 5.91 Å². The van der Waals surface area contributed by atoms with Gasteiger partial charge in [0.25, 0.3) is 0 Å². The number of nitrogens with zero attached hydrogens (tertiary/aromatic N) is 3. The van der Waals surface area contributed by atoms with Crippen LogP contribution in [0.15, 0.2) is 12.5 Å². The lowest BCUT2D eigenvalue weighted by Gasteiger charge is -2.35. The highest BCUT2D eigenvalue weighted by Gasteiger charge is 2.27. The first-order valence-corrected chi connectivity index (χ1v) is 5.74. The van der Waals surface area contributed by atoms with Crippen LogP contribution >= 0.6 is 0 Å². The first kappa shape index (κ1) is 11.0. The van der Waals surface area contributed by atoms with Crippen molar-refractivity contribution in [2.24, 2.45) is 0 Å². The van der Waals surface area contributed by atoms with Crippen LogP contribution in [0.1, 0.15) is 43.5 Å². The Balaban J connectivity index is 2.30.